The molecule has 0 saturated carbocycles. The molecule has 0 atom stereocenters. The molecule has 3 rings (SSSR count). The van der Waals surface area contributed by atoms with Gasteiger partial charge in [0.1, 0.15) is 23.5 Å². The van der Waals surface area contributed by atoms with Crippen LogP contribution in [0.15, 0.2) is 54.9 Å². The normalized spacial score (nSPS) is 10.5. The second-order valence-electron chi connectivity index (χ2n) is 5.60. The monoisotopic (exact) mass is 334 g/mol. The van der Waals surface area contributed by atoms with Crippen LogP contribution in [-0.4, -0.2) is 35.4 Å². The Hall–Kier alpha value is -2.95. The van der Waals surface area contributed by atoms with Gasteiger partial charge in [-0.25, -0.2) is 4.98 Å². The van der Waals surface area contributed by atoms with E-state index in [1.165, 1.54) is 12.0 Å². The van der Waals surface area contributed by atoms with E-state index in [9.17, 15) is 0 Å². The summed E-state index contributed by atoms with van der Waals surface area (Å²) in [6.45, 7) is 6.30. The van der Waals surface area contributed by atoms with Gasteiger partial charge in [-0.05, 0) is 50.2 Å². The summed E-state index contributed by atoms with van der Waals surface area (Å²) in [6.07, 6.45) is 1.49. The van der Waals surface area contributed by atoms with Gasteiger partial charge in [0.2, 0.25) is 0 Å². The standard InChI is InChI=1S/C20H22N4O/c1-4-24(5-2)17-10-6-15(7-11-17)19-20(23-22-14-21-19)16-8-12-18(25-3)13-9-16/h6-14H,4-5H2,1-3H3. The predicted molar refractivity (Wildman–Crippen MR) is 101 cm³/mol. The minimum Gasteiger partial charge on any atom is -0.497 e. The highest BCUT2D eigenvalue weighted by Crippen LogP contribution is 2.30. The number of ether oxygens (including phenoxy) is 1. The predicted octanol–water partition coefficient (Wildman–Crippen LogP) is 4.06. The first-order chi connectivity index (χ1) is 12.3. The van der Waals surface area contributed by atoms with Crippen molar-refractivity contribution >= 4 is 5.69 Å². The lowest BCUT2D eigenvalue weighted by molar-refractivity contribution is 0.415. The van der Waals surface area contributed by atoms with Gasteiger partial charge in [0.15, 0.2) is 0 Å². The van der Waals surface area contributed by atoms with E-state index in [1.807, 2.05) is 24.3 Å². The van der Waals surface area contributed by atoms with Crippen molar-refractivity contribution in [3.05, 3.63) is 54.9 Å². The van der Waals surface area contributed by atoms with Crippen molar-refractivity contribution in [3.8, 4) is 28.3 Å². The van der Waals surface area contributed by atoms with E-state index in [4.69, 9.17) is 4.74 Å². The molecule has 0 aliphatic heterocycles. The molecule has 0 spiro atoms. The molecule has 0 radical (unpaired) electrons. The maximum Gasteiger partial charge on any atom is 0.138 e. The smallest absolute Gasteiger partial charge is 0.138 e. The lowest BCUT2D eigenvalue weighted by Crippen LogP contribution is -2.21. The van der Waals surface area contributed by atoms with Gasteiger partial charge in [-0.1, -0.05) is 12.1 Å². The van der Waals surface area contributed by atoms with Gasteiger partial charge in [0, 0.05) is 29.9 Å². The fourth-order valence-corrected chi connectivity index (χ4v) is 2.85. The summed E-state index contributed by atoms with van der Waals surface area (Å²) < 4.78 is 5.22. The minimum absolute atomic E-state index is 0.765. The SMILES string of the molecule is CCN(CC)c1ccc(-c2ncnnc2-c2ccc(OC)cc2)cc1. The van der Waals surface area contributed by atoms with Gasteiger partial charge in [-0.15, -0.1) is 10.2 Å². The number of rotatable bonds is 6. The molecule has 0 unspecified atom stereocenters. The Morgan fingerprint density at radius 3 is 2.04 bits per heavy atom. The molecule has 2 aromatic carbocycles. The van der Waals surface area contributed by atoms with Gasteiger partial charge in [-0.3, -0.25) is 0 Å². The largest absolute Gasteiger partial charge is 0.497 e. The van der Waals surface area contributed by atoms with Crippen LogP contribution in [-0.2, 0) is 0 Å². The van der Waals surface area contributed by atoms with Gasteiger partial charge < -0.3 is 9.64 Å². The topological polar surface area (TPSA) is 51.1 Å². The molecule has 0 aliphatic carbocycles. The summed E-state index contributed by atoms with van der Waals surface area (Å²) in [6, 6.07) is 16.2. The molecular formula is C20H22N4O. The zero-order valence-electron chi connectivity index (χ0n) is 14.8. The highest BCUT2D eigenvalue weighted by atomic mass is 16.5. The third kappa shape index (κ3) is 3.60. The van der Waals surface area contributed by atoms with Crippen LogP contribution in [0.5, 0.6) is 5.75 Å². The quantitative estimate of drug-likeness (QED) is 0.680. The van der Waals surface area contributed by atoms with Crippen molar-refractivity contribution in [2.75, 3.05) is 25.1 Å². The van der Waals surface area contributed by atoms with Crippen LogP contribution >= 0.6 is 0 Å². The molecule has 0 bridgehead atoms. The van der Waals surface area contributed by atoms with E-state index in [-0.39, 0.29) is 0 Å². The molecule has 0 saturated heterocycles. The molecule has 5 heteroatoms. The van der Waals surface area contributed by atoms with E-state index in [2.05, 4.69) is 58.2 Å². The number of hydrogen-bond donors (Lipinski definition) is 0. The molecule has 0 fully saturated rings. The Balaban J connectivity index is 1.97. The second kappa shape index (κ2) is 7.75. The van der Waals surface area contributed by atoms with Crippen molar-refractivity contribution in [1.29, 1.82) is 0 Å². The molecule has 0 amide bonds. The average molecular weight is 334 g/mol. The van der Waals surface area contributed by atoms with Gasteiger partial charge in [-0.2, -0.15) is 0 Å². The molecular weight excluding hydrogens is 312 g/mol. The Kier molecular flexibility index (Phi) is 5.23. The van der Waals surface area contributed by atoms with Crippen LogP contribution in [0.3, 0.4) is 0 Å². The van der Waals surface area contributed by atoms with Gasteiger partial charge in [0.25, 0.3) is 0 Å². The van der Waals surface area contributed by atoms with E-state index >= 15 is 0 Å². The first kappa shape index (κ1) is 16.9. The molecule has 0 N–H and O–H groups in total. The number of anilines is 1. The van der Waals surface area contributed by atoms with Crippen molar-refractivity contribution < 1.29 is 4.74 Å². The summed E-state index contributed by atoms with van der Waals surface area (Å²) in [5.74, 6) is 0.811. The summed E-state index contributed by atoms with van der Waals surface area (Å²) >= 11 is 0. The Labute approximate surface area is 148 Å². The number of aromatic nitrogens is 3. The fraction of sp³-hybridized carbons (Fsp3) is 0.250. The van der Waals surface area contributed by atoms with Crippen LogP contribution in [0.2, 0.25) is 0 Å². The van der Waals surface area contributed by atoms with Crippen molar-refractivity contribution in [1.82, 2.24) is 15.2 Å². The average Bonchev–Trinajstić information content (AvgIpc) is 2.69. The molecule has 128 valence electrons. The van der Waals surface area contributed by atoms with Crippen molar-refractivity contribution in [3.63, 3.8) is 0 Å². The highest BCUT2D eigenvalue weighted by molar-refractivity contribution is 5.78. The third-order valence-electron chi connectivity index (χ3n) is 4.25. The van der Waals surface area contributed by atoms with Crippen LogP contribution < -0.4 is 9.64 Å². The maximum atomic E-state index is 5.22. The van der Waals surface area contributed by atoms with E-state index in [1.54, 1.807) is 7.11 Å². The second-order valence-corrected chi connectivity index (χ2v) is 5.60. The van der Waals surface area contributed by atoms with Crippen molar-refractivity contribution in [2.24, 2.45) is 0 Å². The zero-order valence-corrected chi connectivity index (χ0v) is 14.8. The van der Waals surface area contributed by atoms with E-state index in [0.717, 1.165) is 41.4 Å². The zero-order chi connectivity index (χ0) is 17.6. The number of nitrogens with zero attached hydrogens (tertiary/aromatic N) is 4. The van der Waals surface area contributed by atoms with Crippen molar-refractivity contribution in [2.45, 2.75) is 13.8 Å². The molecule has 25 heavy (non-hydrogen) atoms. The Morgan fingerprint density at radius 2 is 1.44 bits per heavy atom. The van der Waals surface area contributed by atoms with Crippen LogP contribution in [0, 0.1) is 0 Å². The van der Waals surface area contributed by atoms with Crippen LogP contribution in [0.25, 0.3) is 22.5 Å². The lowest BCUT2D eigenvalue weighted by Gasteiger charge is -2.21. The van der Waals surface area contributed by atoms with E-state index < -0.39 is 0 Å². The summed E-state index contributed by atoms with van der Waals surface area (Å²) in [5, 5.41) is 8.27. The summed E-state index contributed by atoms with van der Waals surface area (Å²) in [5.41, 5.74) is 4.79. The molecule has 5 nitrogen and oxygen atoms in total. The summed E-state index contributed by atoms with van der Waals surface area (Å²) in [4.78, 5) is 6.78. The fourth-order valence-electron chi connectivity index (χ4n) is 2.85. The Morgan fingerprint density at radius 1 is 0.840 bits per heavy atom. The highest BCUT2D eigenvalue weighted by Gasteiger charge is 2.12. The molecule has 3 aromatic rings. The maximum absolute atomic E-state index is 5.22. The molecule has 1 aromatic heterocycles. The number of methoxy groups -OCH3 is 1. The number of benzene rings is 2. The molecule has 0 aliphatic rings. The first-order valence-corrected chi connectivity index (χ1v) is 8.44. The Bertz CT molecular complexity index is 812. The minimum atomic E-state index is 0.765. The van der Waals surface area contributed by atoms with E-state index in [0.29, 0.717) is 0 Å². The number of hydrogen-bond acceptors (Lipinski definition) is 5. The lowest BCUT2D eigenvalue weighted by atomic mass is 10.0. The van der Waals surface area contributed by atoms with Gasteiger partial charge in [0.05, 0.1) is 7.11 Å². The van der Waals surface area contributed by atoms with Gasteiger partial charge >= 0.3 is 0 Å². The van der Waals surface area contributed by atoms with Crippen LogP contribution in [0.4, 0.5) is 5.69 Å². The summed E-state index contributed by atoms with van der Waals surface area (Å²) in [7, 11) is 1.65. The van der Waals surface area contributed by atoms with Crippen LogP contribution in [0.1, 0.15) is 13.8 Å². The first-order valence-electron chi connectivity index (χ1n) is 8.44. The molecule has 1 heterocycles. The third-order valence-corrected chi connectivity index (χ3v) is 4.25.